The minimum absolute atomic E-state index is 0.190. The van der Waals surface area contributed by atoms with Gasteiger partial charge in [-0.1, -0.05) is 23.8 Å². The summed E-state index contributed by atoms with van der Waals surface area (Å²) < 4.78 is 52.7. The maximum absolute atomic E-state index is 13.6. The van der Waals surface area contributed by atoms with Gasteiger partial charge in [0.15, 0.2) is 0 Å². The van der Waals surface area contributed by atoms with E-state index in [2.05, 4.69) is 6.07 Å². The molecule has 142 valence electrons. The molecule has 0 aliphatic carbocycles. The van der Waals surface area contributed by atoms with Crippen molar-refractivity contribution in [3.63, 3.8) is 0 Å². The van der Waals surface area contributed by atoms with Crippen molar-refractivity contribution in [2.75, 3.05) is 0 Å². The van der Waals surface area contributed by atoms with Gasteiger partial charge in [0.05, 0.1) is 5.56 Å². The van der Waals surface area contributed by atoms with E-state index in [0.29, 0.717) is 17.9 Å². The van der Waals surface area contributed by atoms with Crippen molar-refractivity contribution in [3.05, 3.63) is 81.4 Å². The van der Waals surface area contributed by atoms with Crippen LogP contribution in [-0.4, -0.2) is 0 Å². The molecule has 0 bridgehead atoms. The molecule has 0 saturated heterocycles. The molecule has 0 atom stereocenters. The first kappa shape index (κ1) is 17.2. The molecule has 28 heavy (non-hydrogen) atoms. The molecule has 0 fully saturated rings. The highest BCUT2D eigenvalue weighted by atomic mass is 19.4. The molecule has 3 aromatic carbocycles. The van der Waals surface area contributed by atoms with Crippen LogP contribution in [0.3, 0.4) is 0 Å². The lowest BCUT2D eigenvalue weighted by molar-refractivity contribution is -0.138. The second-order valence-corrected chi connectivity index (χ2v) is 7.47. The molecule has 5 heteroatoms. The summed E-state index contributed by atoms with van der Waals surface area (Å²) >= 11 is 0. The molecule has 0 unspecified atom stereocenters. The minimum atomic E-state index is -4.41. The Bertz CT molecular complexity index is 1130. The molecule has 0 spiro atoms. The second-order valence-electron chi connectivity index (χ2n) is 7.47. The molecule has 3 aromatic rings. The van der Waals surface area contributed by atoms with Crippen LogP contribution < -0.4 is 9.47 Å². The van der Waals surface area contributed by atoms with Crippen LogP contribution in [0, 0.1) is 13.8 Å². The minimum Gasteiger partial charge on any atom is -0.457 e. The molecule has 0 saturated carbocycles. The van der Waals surface area contributed by atoms with Crippen LogP contribution in [0.25, 0.3) is 0 Å². The predicted octanol–water partition coefficient (Wildman–Crippen LogP) is 6.72. The summed E-state index contributed by atoms with van der Waals surface area (Å²) in [6.07, 6.45) is -3.54. The Hall–Kier alpha value is -2.95. The van der Waals surface area contributed by atoms with Crippen LogP contribution in [-0.2, 0) is 19.0 Å². The zero-order valence-electron chi connectivity index (χ0n) is 15.4. The maximum atomic E-state index is 13.6. The summed E-state index contributed by atoms with van der Waals surface area (Å²) in [6.45, 7) is 3.51. The standard InChI is InChI=1S/C23H17F3O2/c1-12-3-5-18-14(7-12)8-15-9-16-10-17-19(28-21(16)11-20(15)27-18)6-4-13(2)22(17)23(24,25)26/h3-7,9,11H,8,10H2,1-2H3. The first-order valence-electron chi connectivity index (χ1n) is 9.10. The SMILES string of the molecule is Cc1ccc2c(c1)Cc1cc3c(cc1O2)Oc1ccc(C)c(C(F)(F)F)c1C3. The summed E-state index contributed by atoms with van der Waals surface area (Å²) in [4.78, 5) is 0. The summed E-state index contributed by atoms with van der Waals surface area (Å²) in [5.41, 5.74) is 3.76. The van der Waals surface area contributed by atoms with Gasteiger partial charge in [-0.3, -0.25) is 0 Å². The van der Waals surface area contributed by atoms with E-state index in [1.165, 1.54) is 13.0 Å². The molecule has 0 N–H and O–H groups in total. The largest absolute Gasteiger partial charge is 0.457 e. The smallest absolute Gasteiger partial charge is 0.417 e. The normalized spacial score (nSPS) is 14.2. The Labute approximate surface area is 160 Å². The van der Waals surface area contributed by atoms with Crippen LogP contribution in [0.2, 0.25) is 0 Å². The Morgan fingerprint density at radius 2 is 1.36 bits per heavy atom. The molecule has 0 amide bonds. The fraction of sp³-hybridized carbons (Fsp3) is 0.217. The predicted molar refractivity (Wildman–Crippen MR) is 99.6 cm³/mol. The van der Waals surface area contributed by atoms with Crippen LogP contribution in [0.15, 0.2) is 42.5 Å². The number of fused-ring (bicyclic) bond motifs is 4. The number of alkyl halides is 3. The van der Waals surface area contributed by atoms with Gasteiger partial charge in [0.2, 0.25) is 0 Å². The summed E-state index contributed by atoms with van der Waals surface area (Å²) in [6, 6.07) is 12.8. The number of ether oxygens (including phenoxy) is 2. The number of halogens is 3. The highest BCUT2D eigenvalue weighted by molar-refractivity contribution is 5.61. The maximum Gasteiger partial charge on any atom is 0.417 e. The summed E-state index contributed by atoms with van der Waals surface area (Å²) in [7, 11) is 0. The number of hydrogen-bond donors (Lipinski definition) is 0. The summed E-state index contributed by atoms with van der Waals surface area (Å²) in [5.74, 6) is 2.32. The van der Waals surface area contributed by atoms with E-state index in [1.54, 1.807) is 12.1 Å². The molecular formula is C23H17F3O2. The van der Waals surface area contributed by atoms with Gasteiger partial charge in [-0.25, -0.2) is 0 Å². The van der Waals surface area contributed by atoms with E-state index >= 15 is 0 Å². The fourth-order valence-electron chi connectivity index (χ4n) is 4.11. The van der Waals surface area contributed by atoms with Crippen molar-refractivity contribution < 1.29 is 22.6 Å². The Morgan fingerprint density at radius 1 is 0.714 bits per heavy atom. The third-order valence-corrected chi connectivity index (χ3v) is 5.41. The number of benzene rings is 3. The van der Waals surface area contributed by atoms with Crippen molar-refractivity contribution in [2.45, 2.75) is 32.9 Å². The molecule has 0 aromatic heterocycles. The van der Waals surface area contributed by atoms with Gasteiger partial charge in [0, 0.05) is 24.5 Å². The van der Waals surface area contributed by atoms with Crippen molar-refractivity contribution in [1.29, 1.82) is 0 Å². The van der Waals surface area contributed by atoms with Crippen LogP contribution in [0.5, 0.6) is 23.0 Å². The van der Waals surface area contributed by atoms with E-state index in [-0.39, 0.29) is 23.3 Å². The first-order valence-corrected chi connectivity index (χ1v) is 9.10. The Kier molecular flexibility index (Phi) is 3.54. The van der Waals surface area contributed by atoms with Crippen molar-refractivity contribution >= 4 is 0 Å². The number of hydrogen-bond acceptors (Lipinski definition) is 2. The van der Waals surface area contributed by atoms with E-state index in [9.17, 15) is 13.2 Å². The summed E-state index contributed by atoms with van der Waals surface area (Å²) in [5, 5.41) is 0. The van der Waals surface area contributed by atoms with Crippen LogP contribution in [0.4, 0.5) is 13.2 Å². The van der Waals surface area contributed by atoms with Gasteiger partial charge in [0.1, 0.15) is 23.0 Å². The third kappa shape index (κ3) is 2.65. The average molecular weight is 382 g/mol. The monoisotopic (exact) mass is 382 g/mol. The number of rotatable bonds is 0. The number of aryl methyl sites for hydroxylation is 2. The van der Waals surface area contributed by atoms with E-state index < -0.39 is 11.7 Å². The lowest BCUT2D eigenvalue weighted by Crippen LogP contribution is -2.16. The quantitative estimate of drug-likeness (QED) is 0.296. The van der Waals surface area contributed by atoms with Crippen molar-refractivity contribution in [1.82, 2.24) is 0 Å². The topological polar surface area (TPSA) is 18.5 Å². The first-order chi connectivity index (χ1) is 13.3. The van der Waals surface area contributed by atoms with Crippen molar-refractivity contribution in [2.24, 2.45) is 0 Å². The zero-order valence-corrected chi connectivity index (χ0v) is 15.4. The van der Waals surface area contributed by atoms with Crippen molar-refractivity contribution in [3.8, 4) is 23.0 Å². The molecule has 2 nitrogen and oxygen atoms in total. The average Bonchev–Trinajstić information content (AvgIpc) is 2.62. The molecule has 2 aliphatic rings. The Balaban J connectivity index is 1.59. The van der Waals surface area contributed by atoms with E-state index in [1.807, 2.05) is 25.1 Å². The van der Waals surface area contributed by atoms with Gasteiger partial charge < -0.3 is 9.47 Å². The molecule has 2 aliphatic heterocycles. The molecular weight excluding hydrogens is 365 g/mol. The zero-order chi connectivity index (χ0) is 19.6. The second kappa shape index (κ2) is 5.77. The molecule has 0 radical (unpaired) electrons. The van der Waals surface area contributed by atoms with Crippen LogP contribution >= 0.6 is 0 Å². The van der Waals surface area contributed by atoms with Crippen LogP contribution in [0.1, 0.15) is 38.9 Å². The van der Waals surface area contributed by atoms with Gasteiger partial charge in [-0.05, 0) is 54.3 Å². The Morgan fingerprint density at radius 3 is 2.11 bits per heavy atom. The fourth-order valence-corrected chi connectivity index (χ4v) is 4.11. The van der Waals surface area contributed by atoms with Gasteiger partial charge in [0.25, 0.3) is 0 Å². The van der Waals surface area contributed by atoms with Gasteiger partial charge in [-0.15, -0.1) is 0 Å². The van der Waals surface area contributed by atoms with E-state index in [4.69, 9.17) is 9.47 Å². The lowest BCUT2D eigenvalue weighted by atomic mass is 9.90. The highest BCUT2D eigenvalue weighted by Crippen LogP contribution is 2.47. The highest BCUT2D eigenvalue weighted by Gasteiger charge is 2.38. The van der Waals surface area contributed by atoms with Gasteiger partial charge in [-0.2, -0.15) is 13.2 Å². The van der Waals surface area contributed by atoms with Gasteiger partial charge >= 0.3 is 6.18 Å². The molecule has 2 heterocycles. The third-order valence-electron chi connectivity index (χ3n) is 5.41. The molecule has 5 rings (SSSR count). The lowest BCUT2D eigenvalue weighted by Gasteiger charge is -2.27. The van der Waals surface area contributed by atoms with E-state index in [0.717, 1.165) is 28.0 Å².